The monoisotopic (exact) mass is 661 g/mol. The Labute approximate surface area is 261 Å². The van der Waals surface area contributed by atoms with Crippen molar-refractivity contribution in [3.63, 3.8) is 0 Å². The minimum Gasteiger partial charge on any atom is -0.350 e. The number of alkyl halides is 6. The summed E-state index contributed by atoms with van der Waals surface area (Å²) < 4.78 is 77.4. The summed E-state index contributed by atoms with van der Waals surface area (Å²) in [5.74, 6) is -2.75. The van der Waals surface area contributed by atoms with Crippen LogP contribution >= 0.6 is 0 Å². The number of hydrogen-bond acceptors (Lipinski definition) is 7. The fraction of sp³-hybridized carbons (Fsp3) is 0.448. The van der Waals surface area contributed by atoms with Crippen LogP contribution in [0.4, 0.5) is 26.3 Å². The molecular formula is C29H37F6N7O4. The Bertz CT molecular complexity index is 1320. The molecule has 0 heterocycles. The average Bonchev–Trinajstić information content (AvgIpc) is 2.99. The molecule has 2 rings (SSSR count). The highest BCUT2D eigenvalue weighted by Crippen LogP contribution is 2.30. The first-order chi connectivity index (χ1) is 21.5. The molecule has 0 bridgehead atoms. The topological polar surface area (TPSA) is 177 Å². The van der Waals surface area contributed by atoms with Gasteiger partial charge in [0.25, 0.3) is 5.91 Å². The molecular weight excluding hydrogens is 624 g/mol. The zero-order valence-electron chi connectivity index (χ0n) is 25.0. The van der Waals surface area contributed by atoms with Crippen molar-refractivity contribution in [1.29, 1.82) is 0 Å². The largest absolute Gasteiger partial charge is 0.416 e. The standard InChI is InChI=1S/C29H37F6N7O4/c1-41(15-12-39-25(44)19-4-8-21(9-5-19)29(33,34)35)27(46)23(16-18-2-6-20(7-3-18)28(30,31)32)40-26(45)22(38)17-24(43)42(13-10-36)14-11-37/h2-9,22-23H,10-17,36-38H2,1H3,(H,39,44)(H,40,45). The zero-order chi connectivity index (χ0) is 34.7. The molecule has 0 aromatic heterocycles. The molecule has 17 heteroatoms. The molecule has 254 valence electrons. The maximum atomic E-state index is 13.4. The third-order valence-electron chi connectivity index (χ3n) is 6.80. The van der Waals surface area contributed by atoms with Gasteiger partial charge in [-0.3, -0.25) is 19.2 Å². The van der Waals surface area contributed by atoms with Crippen LogP contribution in [0.25, 0.3) is 0 Å². The maximum absolute atomic E-state index is 13.4. The molecule has 2 unspecified atom stereocenters. The average molecular weight is 662 g/mol. The van der Waals surface area contributed by atoms with Gasteiger partial charge in [-0.1, -0.05) is 12.1 Å². The molecule has 0 saturated heterocycles. The SMILES string of the molecule is CN(CCNC(=O)c1ccc(C(F)(F)F)cc1)C(=O)C(Cc1ccc(C(F)(F)F)cc1)NC(=O)C(N)CC(=O)N(CCN)CCN. The van der Waals surface area contributed by atoms with E-state index in [0.717, 1.165) is 53.4 Å². The minimum absolute atomic E-state index is 0.0468. The zero-order valence-corrected chi connectivity index (χ0v) is 25.0. The molecule has 11 nitrogen and oxygen atoms in total. The van der Waals surface area contributed by atoms with Crippen molar-refractivity contribution in [2.75, 3.05) is 46.3 Å². The molecule has 2 aromatic carbocycles. The normalized spacial score (nSPS) is 13.0. The fourth-order valence-electron chi connectivity index (χ4n) is 4.25. The van der Waals surface area contributed by atoms with Crippen LogP contribution in [0.3, 0.4) is 0 Å². The first-order valence-electron chi connectivity index (χ1n) is 14.1. The summed E-state index contributed by atoms with van der Waals surface area (Å²) in [6.45, 7) is 0.415. The highest BCUT2D eigenvalue weighted by atomic mass is 19.4. The molecule has 0 fully saturated rings. The molecule has 0 aliphatic rings. The third-order valence-corrected chi connectivity index (χ3v) is 6.80. The van der Waals surface area contributed by atoms with Gasteiger partial charge in [0.15, 0.2) is 0 Å². The lowest BCUT2D eigenvalue weighted by Gasteiger charge is -2.27. The van der Waals surface area contributed by atoms with Gasteiger partial charge in [0.1, 0.15) is 6.04 Å². The molecule has 0 aliphatic heterocycles. The number of halogens is 6. The van der Waals surface area contributed by atoms with Crippen molar-refractivity contribution in [1.82, 2.24) is 20.4 Å². The van der Waals surface area contributed by atoms with E-state index in [1.807, 2.05) is 0 Å². The van der Waals surface area contributed by atoms with Gasteiger partial charge in [-0.15, -0.1) is 0 Å². The fourth-order valence-corrected chi connectivity index (χ4v) is 4.25. The highest BCUT2D eigenvalue weighted by molar-refractivity contribution is 5.94. The van der Waals surface area contributed by atoms with E-state index >= 15 is 0 Å². The van der Waals surface area contributed by atoms with E-state index in [1.54, 1.807) is 0 Å². The summed E-state index contributed by atoms with van der Waals surface area (Å²) in [7, 11) is 1.35. The number of hydrogen-bond donors (Lipinski definition) is 5. The molecule has 8 N–H and O–H groups in total. The third kappa shape index (κ3) is 11.6. The van der Waals surface area contributed by atoms with Crippen LogP contribution in [0.5, 0.6) is 0 Å². The molecule has 0 aliphatic carbocycles. The van der Waals surface area contributed by atoms with Crippen molar-refractivity contribution in [3.05, 3.63) is 70.8 Å². The molecule has 2 atom stereocenters. The Balaban J connectivity index is 2.12. The Morgan fingerprint density at radius 3 is 1.78 bits per heavy atom. The minimum atomic E-state index is -4.59. The van der Waals surface area contributed by atoms with Crippen molar-refractivity contribution in [3.8, 4) is 0 Å². The second-order valence-corrected chi connectivity index (χ2v) is 10.3. The van der Waals surface area contributed by atoms with E-state index in [2.05, 4.69) is 10.6 Å². The highest BCUT2D eigenvalue weighted by Gasteiger charge is 2.32. The van der Waals surface area contributed by atoms with Crippen LogP contribution in [0, 0.1) is 0 Å². The summed E-state index contributed by atoms with van der Waals surface area (Å²) in [4.78, 5) is 53.8. The summed E-state index contributed by atoms with van der Waals surface area (Å²) in [6, 6.07) is 4.76. The number of likely N-dealkylation sites (N-methyl/N-ethyl adjacent to an activating group) is 1. The lowest BCUT2D eigenvalue weighted by molar-refractivity contribution is -0.138. The predicted octanol–water partition coefficient (Wildman–Crippen LogP) is 1.10. The quantitative estimate of drug-likeness (QED) is 0.178. The van der Waals surface area contributed by atoms with Crippen LogP contribution in [0.15, 0.2) is 48.5 Å². The van der Waals surface area contributed by atoms with E-state index in [9.17, 15) is 45.5 Å². The second kappa shape index (κ2) is 16.9. The van der Waals surface area contributed by atoms with Crippen LogP contribution in [-0.2, 0) is 33.2 Å². The number of benzene rings is 2. The van der Waals surface area contributed by atoms with Gasteiger partial charge in [0.05, 0.1) is 23.6 Å². The smallest absolute Gasteiger partial charge is 0.350 e. The predicted molar refractivity (Wildman–Crippen MR) is 156 cm³/mol. The first kappa shape index (κ1) is 38.0. The van der Waals surface area contributed by atoms with E-state index in [0.29, 0.717) is 0 Å². The Morgan fingerprint density at radius 1 is 0.804 bits per heavy atom. The van der Waals surface area contributed by atoms with Gasteiger partial charge in [0.2, 0.25) is 17.7 Å². The number of amides is 4. The van der Waals surface area contributed by atoms with Gasteiger partial charge in [0, 0.05) is 58.3 Å². The van der Waals surface area contributed by atoms with Crippen LogP contribution < -0.4 is 27.8 Å². The van der Waals surface area contributed by atoms with Gasteiger partial charge >= 0.3 is 12.4 Å². The summed E-state index contributed by atoms with van der Waals surface area (Å²) in [5.41, 5.74) is 15.4. The summed E-state index contributed by atoms with van der Waals surface area (Å²) >= 11 is 0. The van der Waals surface area contributed by atoms with Crippen LogP contribution in [0.1, 0.15) is 33.5 Å². The number of carbonyl (C=O) groups excluding carboxylic acids is 4. The Hall–Kier alpha value is -4.22. The van der Waals surface area contributed by atoms with Crippen molar-refractivity contribution in [2.45, 2.75) is 37.3 Å². The van der Waals surface area contributed by atoms with Crippen LogP contribution in [0.2, 0.25) is 0 Å². The lowest BCUT2D eigenvalue weighted by atomic mass is 10.0. The molecule has 46 heavy (non-hydrogen) atoms. The van der Waals surface area contributed by atoms with E-state index in [-0.39, 0.29) is 56.8 Å². The van der Waals surface area contributed by atoms with E-state index < -0.39 is 65.6 Å². The molecule has 0 saturated carbocycles. The maximum Gasteiger partial charge on any atom is 0.416 e. The Kier molecular flexibility index (Phi) is 14.0. The number of carbonyl (C=O) groups is 4. The van der Waals surface area contributed by atoms with Crippen molar-refractivity contribution in [2.24, 2.45) is 17.2 Å². The van der Waals surface area contributed by atoms with E-state index in [1.165, 1.54) is 11.9 Å². The van der Waals surface area contributed by atoms with E-state index in [4.69, 9.17) is 17.2 Å². The van der Waals surface area contributed by atoms with Crippen molar-refractivity contribution < 1.29 is 45.5 Å². The lowest BCUT2D eigenvalue weighted by Crippen LogP contribution is -2.54. The molecule has 0 radical (unpaired) electrons. The van der Waals surface area contributed by atoms with Gasteiger partial charge in [-0.25, -0.2) is 0 Å². The van der Waals surface area contributed by atoms with Gasteiger partial charge in [-0.2, -0.15) is 26.3 Å². The van der Waals surface area contributed by atoms with Gasteiger partial charge < -0.3 is 37.6 Å². The van der Waals surface area contributed by atoms with Crippen LogP contribution in [-0.4, -0.2) is 91.8 Å². The summed E-state index contributed by atoms with van der Waals surface area (Å²) in [6.07, 6.45) is -9.83. The van der Waals surface area contributed by atoms with Crippen molar-refractivity contribution >= 4 is 23.6 Å². The number of nitrogens with zero attached hydrogens (tertiary/aromatic N) is 2. The summed E-state index contributed by atoms with van der Waals surface area (Å²) in [5, 5.41) is 4.94. The Morgan fingerprint density at radius 2 is 1.30 bits per heavy atom. The number of nitrogens with one attached hydrogen (secondary N) is 2. The van der Waals surface area contributed by atoms with Gasteiger partial charge in [-0.05, 0) is 42.0 Å². The number of nitrogens with two attached hydrogens (primary N) is 3. The molecule has 0 spiro atoms. The molecule has 4 amide bonds. The number of rotatable bonds is 15. The second-order valence-electron chi connectivity index (χ2n) is 10.3. The molecule has 2 aromatic rings. The first-order valence-corrected chi connectivity index (χ1v) is 14.1.